The van der Waals surface area contributed by atoms with E-state index in [1.54, 1.807) is 20.4 Å². The Kier molecular flexibility index (Phi) is 4.69. The number of benzene rings is 2. The van der Waals surface area contributed by atoms with Gasteiger partial charge in [0, 0.05) is 23.2 Å². The summed E-state index contributed by atoms with van der Waals surface area (Å²) in [5, 5.41) is 9.92. The summed E-state index contributed by atoms with van der Waals surface area (Å²) >= 11 is 0. The van der Waals surface area contributed by atoms with Crippen LogP contribution in [-0.4, -0.2) is 34.5 Å². The van der Waals surface area contributed by atoms with Crippen LogP contribution in [0.25, 0.3) is 22.9 Å². The van der Waals surface area contributed by atoms with Crippen LogP contribution in [0.15, 0.2) is 54.9 Å². The van der Waals surface area contributed by atoms with E-state index in [0.29, 0.717) is 13.2 Å². The largest absolute Gasteiger partial charge is 0.497 e. The second-order valence-electron chi connectivity index (χ2n) is 6.67. The summed E-state index contributed by atoms with van der Waals surface area (Å²) in [6.07, 6.45) is 3.43. The highest BCUT2D eigenvalue weighted by molar-refractivity contribution is 5.89. The van der Waals surface area contributed by atoms with E-state index in [9.17, 15) is 5.11 Å². The lowest BCUT2D eigenvalue weighted by Gasteiger charge is -2.21. The molecule has 1 aromatic heterocycles. The maximum absolute atomic E-state index is 9.92. The van der Waals surface area contributed by atoms with Gasteiger partial charge in [-0.05, 0) is 31.2 Å². The van der Waals surface area contributed by atoms with Crippen molar-refractivity contribution in [2.24, 2.45) is 0 Å². The standard InChI is InChI=1S/C22H22N2O3/c1-15(25)12-24-14-23-21(16-6-4-3-5-7-16)22(24)18-10-17-11-19(26-2)8-9-20(17)27-13-18/h3-11,14-15,25H,12-13H2,1-2H3. The monoisotopic (exact) mass is 362 g/mol. The number of ether oxygens (including phenoxy) is 2. The van der Waals surface area contributed by atoms with Gasteiger partial charge in [0.15, 0.2) is 0 Å². The summed E-state index contributed by atoms with van der Waals surface area (Å²) in [6.45, 7) is 2.69. The molecule has 0 amide bonds. The lowest BCUT2D eigenvalue weighted by Crippen LogP contribution is -2.16. The van der Waals surface area contributed by atoms with Crippen LogP contribution in [0.2, 0.25) is 0 Å². The van der Waals surface area contributed by atoms with Crippen LogP contribution in [-0.2, 0) is 6.54 Å². The molecule has 4 rings (SSSR count). The lowest BCUT2D eigenvalue weighted by atomic mass is 10.0. The molecule has 0 saturated heterocycles. The van der Waals surface area contributed by atoms with Gasteiger partial charge in [-0.25, -0.2) is 4.98 Å². The summed E-state index contributed by atoms with van der Waals surface area (Å²) in [7, 11) is 1.65. The zero-order valence-corrected chi connectivity index (χ0v) is 15.4. The van der Waals surface area contributed by atoms with Crippen LogP contribution in [0.4, 0.5) is 0 Å². The molecule has 0 bridgehead atoms. The zero-order chi connectivity index (χ0) is 18.8. The number of aliphatic hydroxyl groups is 1. The van der Waals surface area contributed by atoms with Crippen LogP contribution in [0.5, 0.6) is 11.5 Å². The van der Waals surface area contributed by atoms with Gasteiger partial charge in [-0.3, -0.25) is 0 Å². The van der Waals surface area contributed by atoms with Crippen molar-refractivity contribution in [3.05, 3.63) is 66.1 Å². The first kappa shape index (κ1) is 17.4. The predicted octanol–water partition coefficient (Wildman–Crippen LogP) is 3.87. The number of hydrogen-bond acceptors (Lipinski definition) is 4. The molecule has 138 valence electrons. The van der Waals surface area contributed by atoms with Crippen LogP contribution < -0.4 is 9.47 Å². The van der Waals surface area contributed by atoms with Crippen molar-refractivity contribution in [3.63, 3.8) is 0 Å². The van der Waals surface area contributed by atoms with Gasteiger partial charge >= 0.3 is 0 Å². The Morgan fingerprint density at radius 2 is 2.04 bits per heavy atom. The molecule has 3 aromatic rings. The Balaban J connectivity index is 1.84. The zero-order valence-electron chi connectivity index (χ0n) is 15.4. The Morgan fingerprint density at radius 1 is 1.22 bits per heavy atom. The molecule has 0 radical (unpaired) electrons. The van der Waals surface area contributed by atoms with E-state index in [1.165, 1.54) is 0 Å². The number of nitrogens with zero attached hydrogens (tertiary/aromatic N) is 2. The topological polar surface area (TPSA) is 56.5 Å². The lowest BCUT2D eigenvalue weighted by molar-refractivity contribution is 0.173. The van der Waals surface area contributed by atoms with E-state index < -0.39 is 6.10 Å². The smallest absolute Gasteiger partial charge is 0.127 e. The summed E-state index contributed by atoms with van der Waals surface area (Å²) in [5.41, 5.74) is 4.88. The molecule has 1 aliphatic heterocycles. The van der Waals surface area contributed by atoms with Crippen molar-refractivity contribution in [2.45, 2.75) is 19.6 Å². The van der Waals surface area contributed by atoms with Gasteiger partial charge in [-0.2, -0.15) is 0 Å². The van der Waals surface area contributed by atoms with Crippen molar-refractivity contribution in [1.29, 1.82) is 0 Å². The van der Waals surface area contributed by atoms with Gasteiger partial charge in [0.05, 0.1) is 30.9 Å². The Morgan fingerprint density at radius 3 is 2.78 bits per heavy atom. The van der Waals surface area contributed by atoms with Crippen LogP contribution in [0.1, 0.15) is 18.2 Å². The maximum Gasteiger partial charge on any atom is 0.127 e. The molecular formula is C22H22N2O3. The van der Waals surface area contributed by atoms with Crippen LogP contribution >= 0.6 is 0 Å². The number of aliphatic hydroxyl groups excluding tert-OH is 1. The first-order chi connectivity index (χ1) is 13.2. The van der Waals surface area contributed by atoms with Crippen molar-refractivity contribution >= 4 is 11.6 Å². The van der Waals surface area contributed by atoms with E-state index in [0.717, 1.165) is 39.6 Å². The normalized spacial score (nSPS) is 14.1. The van der Waals surface area contributed by atoms with Crippen molar-refractivity contribution < 1.29 is 14.6 Å². The van der Waals surface area contributed by atoms with E-state index >= 15 is 0 Å². The van der Waals surface area contributed by atoms with Crippen LogP contribution in [0.3, 0.4) is 0 Å². The minimum atomic E-state index is -0.473. The minimum absolute atomic E-state index is 0.449. The number of fused-ring (bicyclic) bond motifs is 1. The first-order valence-electron chi connectivity index (χ1n) is 8.96. The molecule has 1 unspecified atom stereocenters. The average Bonchev–Trinajstić information content (AvgIpc) is 3.10. The molecule has 2 aromatic carbocycles. The third-order valence-electron chi connectivity index (χ3n) is 4.58. The Hall–Kier alpha value is -3.05. The summed E-state index contributed by atoms with van der Waals surface area (Å²) in [5.74, 6) is 1.62. The van der Waals surface area contributed by atoms with Gasteiger partial charge in [0.2, 0.25) is 0 Å². The molecule has 0 aliphatic carbocycles. The highest BCUT2D eigenvalue weighted by Gasteiger charge is 2.22. The van der Waals surface area contributed by atoms with Gasteiger partial charge in [-0.15, -0.1) is 0 Å². The average molecular weight is 362 g/mol. The maximum atomic E-state index is 9.92. The second-order valence-corrected chi connectivity index (χ2v) is 6.67. The SMILES string of the molecule is COc1ccc2c(c1)C=C(c1c(-c3ccccc3)ncn1CC(C)O)CO2. The number of rotatable bonds is 5. The summed E-state index contributed by atoms with van der Waals surface area (Å²) in [6, 6.07) is 15.8. The van der Waals surface area contributed by atoms with E-state index in [-0.39, 0.29) is 0 Å². The molecule has 0 saturated carbocycles. The van der Waals surface area contributed by atoms with Gasteiger partial charge < -0.3 is 19.1 Å². The molecule has 0 spiro atoms. The fourth-order valence-electron chi connectivity index (χ4n) is 3.37. The Bertz CT molecular complexity index is 974. The van der Waals surface area contributed by atoms with Crippen molar-refractivity contribution in [2.75, 3.05) is 13.7 Å². The Labute approximate surface area is 158 Å². The van der Waals surface area contributed by atoms with Crippen molar-refractivity contribution in [1.82, 2.24) is 9.55 Å². The third-order valence-corrected chi connectivity index (χ3v) is 4.58. The van der Waals surface area contributed by atoms with E-state index in [2.05, 4.69) is 11.1 Å². The van der Waals surface area contributed by atoms with Gasteiger partial charge in [0.25, 0.3) is 0 Å². The van der Waals surface area contributed by atoms with E-state index in [1.807, 2.05) is 53.1 Å². The fraction of sp³-hybridized carbons (Fsp3) is 0.227. The number of aromatic nitrogens is 2. The molecule has 1 aliphatic rings. The molecule has 0 fully saturated rings. The molecular weight excluding hydrogens is 340 g/mol. The quantitative estimate of drug-likeness (QED) is 0.748. The van der Waals surface area contributed by atoms with Gasteiger partial charge in [-0.1, -0.05) is 30.3 Å². The highest BCUT2D eigenvalue weighted by atomic mass is 16.5. The molecule has 2 heterocycles. The minimum Gasteiger partial charge on any atom is -0.497 e. The number of imidazole rings is 1. The molecule has 27 heavy (non-hydrogen) atoms. The van der Waals surface area contributed by atoms with E-state index in [4.69, 9.17) is 9.47 Å². The number of methoxy groups -OCH3 is 1. The highest BCUT2D eigenvalue weighted by Crippen LogP contribution is 2.36. The van der Waals surface area contributed by atoms with Gasteiger partial charge in [0.1, 0.15) is 18.1 Å². The molecule has 5 heteroatoms. The molecule has 1 atom stereocenters. The molecule has 1 N–H and O–H groups in total. The summed E-state index contributed by atoms with van der Waals surface area (Å²) in [4.78, 5) is 4.64. The first-order valence-corrected chi connectivity index (χ1v) is 8.96. The fourth-order valence-corrected chi connectivity index (χ4v) is 3.37. The number of hydrogen-bond donors (Lipinski definition) is 1. The van der Waals surface area contributed by atoms with Crippen LogP contribution in [0, 0.1) is 0 Å². The summed E-state index contributed by atoms with van der Waals surface area (Å²) < 4.78 is 13.3. The third kappa shape index (κ3) is 3.46. The second kappa shape index (κ2) is 7.29. The molecule has 5 nitrogen and oxygen atoms in total. The van der Waals surface area contributed by atoms with Crippen molar-refractivity contribution in [3.8, 4) is 22.8 Å². The predicted molar refractivity (Wildman–Crippen MR) is 106 cm³/mol.